The lowest BCUT2D eigenvalue weighted by Crippen LogP contribution is -2.42. The lowest BCUT2D eigenvalue weighted by Gasteiger charge is -2.38. The Morgan fingerprint density at radius 2 is 2.06 bits per heavy atom. The molecule has 0 spiro atoms. The van der Waals surface area contributed by atoms with Crippen molar-refractivity contribution in [3.63, 3.8) is 0 Å². The van der Waals surface area contributed by atoms with Crippen molar-refractivity contribution in [1.82, 2.24) is 4.90 Å². The minimum atomic E-state index is -3.70. The summed E-state index contributed by atoms with van der Waals surface area (Å²) in [6.07, 6.45) is 5.51. The van der Waals surface area contributed by atoms with Gasteiger partial charge in [-0.2, -0.15) is 5.26 Å². The highest BCUT2D eigenvalue weighted by molar-refractivity contribution is 7.89. The molecule has 2 heterocycles. The van der Waals surface area contributed by atoms with E-state index in [4.69, 9.17) is 5.14 Å². The molecule has 1 aromatic heterocycles. The third-order valence-corrected chi connectivity index (χ3v) is 8.44. The summed E-state index contributed by atoms with van der Waals surface area (Å²) in [5, 5.41) is 19.2. The van der Waals surface area contributed by atoms with Crippen molar-refractivity contribution in [3.05, 3.63) is 58.1 Å². The molecule has 164 valence electrons. The highest BCUT2D eigenvalue weighted by Gasteiger charge is 2.31. The molecule has 0 radical (unpaired) electrons. The van der Waals surface area contributed by atoms with Gasteiger partial charge < -0.3 is 5.32 Å². The predicted molar refractivity (Wildman–Crippen MR) is 124 cm³/mol. The zero-order valence-electron chi connectivity index (χ0n) is 17.7. The second kappa shape index (κ2) is 8.75. The van der Waals surface area contributed by atoms with Crippen molar-refractivity contribution in [3.8, 4) is 6.07 Å². The zero-order chi connectivity index (χ0) is 22.2. The maximum atomic E-state index is 11.4. The molecule has 1 atom stereocenters. The van der Waals surface area contributed by atoms with Gasteiger partial charge in [0.05, 0.1) is 10.5 Å². The molecule has 0 amide bonds. The number of fused-ring (bicyclic) bond motifs is 1. The van der Waals surface area contributed by atoms with E-state index in [0.29, 0.717) is 12.5 Å². The Bertz CT molecular complexity index is 1130. The molecule has 31 heavy (non-hydrogen) atoms. The van der Waals surface area contributed by atoms with Crippen LogP contribution in [0.25, 0.3) is 0 Å². The van der Waals surface area contributed by atoms with Crippen molar-refractivity contribution in [2.24, 2.45) is 11.1 Å². The van der Waals surface area contributed by atoms with Crippen LogP contribution < -0.4 is 10.5 Å². The Balaban J connectivity index is 1.46. The van der Waals surface area contributed by atoms with Crippen LogP contribution >= 0.6 is 11.3 Å². The molecule has 3 N–H and O–H groups in total. The number of hydrogen-bond acceptors (Lipinski definition) is 6. The van der Waals surface area contributed by atoms with Gasteiger partial charge in [0.1, 0.15) is 11.1 Å². The SMILES string of the molecule is C=C(Cc1ccc(S(N)(=O)=O)cc1)Nc1sc2c(c1C#N)CN(CC1CCC1)C(C)C2. The third kappa shape index (κ3) is 4.85. The van der Waals surface area contributed by atoms with E-state index in [9.17, 15) is 13.7 Å². The molecule has 4 rings (SSSR count). The number of sulfonamides is 1. The Morgan fingerprint density at radius 3 is 2.65 bits per heavy atom. The third-order valence-electron chi connectivity index (χ3n) is 6.35. The second-order valence-electron chi connectivity index (χ2n) is 8.69. The summed E-state index contributed by atoms with van der Waals surface area (Å²) in [4.78, 5) is 3.92. The maximum absolute atomic E-state index is 11.4. The van der Waals surface area contributed by atoms with Crippen LogP contribution in [0.15, 0.2) is 41.4 Å². The van der Waals surface area contributed by atoms with Gasteiger partial charge in [-0.25, -0.2) is 13.6 Å². The smallest absolute Gasteiger partial charge is 0.238 e. The first-order chi connectivity index (χ1) is 14.7. The second-order valence-corrected chi connectivity index (χ2v) is 11.4. The summed E-state index contributed by atoms with van der Waals surface area (Å²) in [5.74, 6) is 0.811. The number of nitrogens with two attached hydrogens (primary N) is 1. The number of nitrogens with one attached hydrogen (secondary N) is 1. The molecule has 1 saturated carbocycles. The molecule has 2 aromatic rings. The number of hydrogen-bond donors (Lipinski definition) is 2. The van der Waals surface area contributed by atoms with Gasteiger partial charge in [-0.15, -0.1) is 11.3 Å². The number of thiophene rings is 1. The predicted octanol–water partition coefficient (Wildman–Crippen LogP) is 3.98. The lowest BCUT2D eigenvalue weighted by molar-refractivity contribution is 0.124. The highest BCUT2D eigenvalue weighted by atomic mass is 32.2. The van der Waals surface area contributed by atoms with Gasteiger partial charge in [0.25, 0.3) is 0 Å². The number of anilines is 1. The van der Waals surface area contributed by atoms with Gasteiger partial charge in [0.2, 0.25) is 10.0 Å². The van der Waals surface area contributed by atoms with E-state index >= 15 is 0 Å². The molecule has 1 aromatic carbocycles. The first kappa shape index (κ1) is 22.0. The van der Waals surface area contributed by atoms with Crippen molar-refractivity contribution >= 4 is 26.4 Å². The van der Waals surface area contributed by atoms with E-state index in [1.165, 1.54) is 36.3 Å². The van der Waals surface area contributed by atoms with E-state index in [-0.39, 0.29) is 4.90 Å². The van der Waals surface area contributed by atoms with Crippen LogP contribution in [0.3, 0.4) is 0 Å². The molecule has 0 saturated heterocycles. The maximum Gasteiger partial charge on any atom is 0.238 e. The van der Waals surface area contributed by atoms with Crippen LogP contribution in [0, 0.1) is 17.2 Å². The largest absolute Gasteiger partial charge is 0.350 e. The van der Waals surface area contributed by atoms with Crippen LogP contribution in [0.4, 0.5) is 5.00 Å². The van der Waals surface area contributed by atoms with Crippen molar-refractivity contribution in [1.29, 1.82) is 5.26 Å². The molecular weight excluding hydrogens is 428 g/mol. The molecule has 1 unspecified atom stereocenters. The molecule has 2 aliphatic rings. The standard InChI is InChI=1S/C23H28N4O2S2/c1-15(10-17-6-8-19(9-7-17)31(25,28)29)26-23-20(12-24)21-14-27(13-18-4-3-5-18)16(2)11-22(21)30-23/h6-9,16,18,26H,1,3-5,10-11,13-14H2,2H3,(H2,25,28,29). The first-order valence-electron chi connectivity index (χ1n) is 10.6. The van der Waals surface area contributed by atoms with Crippen molar-refractivity contribution in [2.75, 3.05) is 11.9 Å². The minimum absolute atomic E-state index is 0.0908. The highest BCUT2D eigenvalue weighted by Crippen LogP contribution is 2.40. The minimum Gasteiger partial charge on any atom is -0.350 e. The van der Waals surface area contributed by atoms with E-state index in [1.54, 1.807) is 23.5 Å². The van der Waals surface area contributed by atoms with Gasteiger partial charge >= 0.3 is 0 Å². The fraction of sp³-hybridized carbons (Fsp3) is 0.435. The summed E-state index contributed by atoms with van der Waals surface area (Å²) >= 11 is 1.66. The number of rotatable bonds is 7. The van der Waals surface area contributed by atoms with E-state index in [0.717, 1.165) is 52.8 Å². The Labute approximate surface area is 188 Å². The van der Waals surface area contributed by atoms with Gasteiger partial charge in [0.15, 0.2) is 0 Å². The van der Waals surface area contributed by atoms with Gasteiger partial charge in [0, 0.05) is 41.7 Å². The number of nitriles is 1. The van der Waals surface area contributed by atoms with E-state index in [1.807, 2.05) is 0 Å². The molecular formula is C23H28N4O2S2. The number of nitrogens with zero attached hydrogens (tertiary/aromatic N) is 2. The fourth-order valence-electron chi connectivity index (χ4n) is 4.31. The van der Waals surface area contributed by atoms with Crippen LogP contribution in [-0.4, -0.2) is 25.9 Å². The quantitative estimate of drug-likeness (QED) is 0.656. The summed E-state index contributed by atoms with van der Waals surface area (Å²) in [5.41, 5.74) is 3.58. The molecule has 1 aliphatic heterocycles. The lowest BCUT2D eigenvalue weighted by atomic mass is 9.84. The normalized spacial score (nSPS) is 19.3. The topological polar surface area (TPSA) is 99.2 Å². The van der Waals surface area contributed by atoms with Crippen molar-refractivity contribution in [2.45, 2.75) is 56.5 Å². The Hall–Kier alpha value is -2.18. The first-order valence-corrected chi connectivity index (χ1v) is 13.0. The van der Waals surface area contributed by atoms with Gasteiger partial charge in [-0.05, 0) is 49.8 Å². The number of primary sulfonamides is 1. The monoisotopic (exact) mass is 456 g/mol. The average molecular weight is 457 g/mol. The van der Waals surface area contributed by atoms with Crippen LogP contribution in [0.5, 0.6) is 0 Å². The molecule has 1 aliphatic carbocycles. The zero-order valence-corrected chi connectivity index (χ0v) is 19.4. The summed E-state index contributed by atoms with van der Waals surface area (Å²) in [6.45, 7) is 8.37. The average Bonchev–Trinajstić information content (AvgIpc) is 2.99. The van der Waals surface area contributed by atoms with Crippen LogP contribution in [-0.2, 0) is 29.4 Å². The number of allylic oxidation sites excluding steroid dienone is 1. The van der Waals surface area contributed by atoms with Crippen molar-refractivity contribution < 1.29 is 8.42 Å². The van der Waals surface area contributed by atoms with Crippen LogP contribution in [0.1, 0.15) is 47.8 Å². The fourth-order valence-corrected chi connectivity index (χ4v) is 6.15. The Morgan fingerprint density at radius 1 is 1.35 bits per heavy atom. The molecule has 0 bridgehead atoms. The van der Waals surface area contributed by atoms with Gasteiger partial charge in [-0.1, -0.05) is 25.1 Å². The summed E-state index contributed by atoms with van der Waals surface area (Å²) in [6, 6.07) is 9.37. The summed E-state index contributed by atoms with van der Waals surface area (Å²) in [7, 11) is -3.70. The number of benzene rings is 1. The van der Waals surface area contributed by atoms with E-state index < -0.39 is 10.0 Å². The molecule has 6 nitrogen and oxygen atoms in total. The van der Waals surface area contributed by atoms with E-state index in [2.05, 4.69) is 29.8 Å². The Kier molecular flexibility index (Phi) is 6.22. The summed E-state index contributed by atoms with van der Waals surface area (Å²) < 4.78 is 22.8. The van der Waals surface area contributed by atoms with Gasteiger partial charge in [-0.3, -0.25) is 4.90 Å². The molecule has 8 heteroatoms. The molecule has 1 fully saturated rings. The van der Waals surface area contributed by atoms with Crippen LogP contribution in [0.2, 0.25) is 0 Å².